The van der Waals surface area contributed by atoms with Crippen LogP contribution in [0.5, 0.6) is 0 Å². The smallest absolute Gasteiger partial charge is 0.437 e. The van der Waals surface area contributed by atoms with Gasteiger partial charge in [-0.25, -0.2) is 4.79 Å². The van der Waals surface area contributed by atoms with Gasteiger partial charge in [-0.2, -0.15) is 13.2 Å². The number of alkyl halides is 3. The number of allylic oxidation sites excluding steroid dienone is 3. The molecule has 0 aromatic heterocycles. The van der Waals surface area contributed by atoms with Gasteiger partial charge in [0.25, 0.3) is 0 Å². The molecule has 2 aromatic rings. The first-order valence-corrected chi connectivity index (χ1v) is 10.5. The van der Waals surface area contributed by atoms with Crippen LogP contribution < -0.4 is 5.32 Å². The average Bonchev–Trinajstić information content (AvgIpc) is 2.73. The summed E-state index contributed by atoms with van der Waals surface area (Å²) in [5.74, 6) is 0.444. The molecule has 2 aromatic carbocycles. The van der Waals surface area contributed by atoms with Gasteiger partial charge in [0.15, 0.2) is 0 Å². The number of hydrogen-bond donors (Lipinski definition) is 1. The number of rotatable bonds is 5. The van der Waals surface area contributed by atoms with E-state index < -0.39 is 17.9 Å². The summed E-state index contributed by atoms with van der Waals surface area (Å²) in [7, 11) is 1.24. The summed E-state index contributed by atoms with van der Waals surface area (Å²) in [6.07, 6.45) is -3.25. The highest BCUT2D eigenvalue weighted by molar-refractivity contribution is 7.98. The highest BCUT2D eigenvalue weighted by Gasteiger charge is 2.30. The molecule has 1 atom stereocenters. The number of nitrogens with one attached hydrogen (secondary N) is 1. The molecule has 31 heavy (non-hydrogen) atoms. The van der Waals surface area contributed by atoms with E-state index in [1.165, 1.54) is 31.0 Å². The molecule has 0 aliphatic carbocycles. The Bertz CT molecular complexity index is 1030. The number of carbonyl (C=O) groups excluding carboxylic acids is 1. The molecule has 0 amide bonds. The Labute approximate surface area is 183 Å². The molecule has 0 spiro atoms. The van der Waals surface area contributed by atoms with Gasteiger partial charge >= 0.3 is 12.3 Å². The summed E-state index contributed by atoms with van der Waals surface area (Å²) in [6.45, 7) is 3.71. The minimum Gasteiger partial charge on any atom is -0.437 e. The number of thioether (sulfide) groups is 1. The van der Waals surface area contributed by atoms with Crippen molar-refractivity contribution < 1.29 is 27.4 Å². The van der Waals surface area contributed by atoms with Gasteiger partial charge in [0.05, 0.1) is 24.3 Å². The van der Waals surface area contributed by atoms with Gasteiger partial charge < -0.3 is 14.8 Å². The molecule has 4 nitrogen and oxygen atoms in total. The normalized spacial score (nSPS) is 16.5. The van der Waals surface area contributed by atoms with Crippen LogP contribution in [0, 0.1) is 0 Å². The van der Waals surface area contributed by atoms with E-state index in [2.05, 4.69) is 10.1 Å². The van der Waals surface area contributed by atoms with Crippen LogP contribution in [-0.4, -0.2) is 13.3 Å². The highest BCUT2D eigenvalue weighted by Crippen LogP contribution is 2.39. The maximum Gasteiger partial charge on any atom is 0.513 e. The number of carbonyl (C=O) groups is 1. The minimum absolute atomic E-state index is 0.342. The van der Waals surface area contributed by atoms with Crippen molar-refractivity contribution in [2.75, 3.05) is 7.11 Å². The van der Waals surface area contributed by atoms with Gasteiger partial charge in [0.1, 0.15) is 5.76 Å². The van der Waals surface area contributed by atoms with Crippen LogP contribution in [-0.2, 0) is 21.4 Å². The first-order valence-electron chi connectivity index (χ1n) is 9.49. The lowest BCUT2D eigenvalue weighted by Crippen LogP contribution is -2.23. The van der Waals surface area contributed by atoms with Gasteiger partial charge in [0.2, 0.25) is 0 Å². The van der Waals surface area contributed by atoms with Crippen LogP contribution in [0.3, 0.4) is 0 Å². The van der Waals surface area contributed by atoms with Gasteiger partial charge in [0, 0.05) is 16.3 Å². The van der Waals surface area contributed by atoms with Crippen molar-refractivity contribution >= 4 is 17.9 Å². The van der Waals surface area contributed by atoms with Gasteiger partial charge in [-0.15, -0.1) is 11.8 Å². The molecule has 8 heteroatoms. The maximum absolute atomic E-state index is 13.0. The third kappa shape index (κ3) is 5.64. The molecular weight excluding hydrogens is 427 g/mol. The number of methoxy groups -OCH3 is 1. The van der Waals surface area contributed by atoms with Crippen molar-refractivity contribution in [3.05, 3.63) is 88.5 Å². The Balaban J connectivity index is 1.89. The molecule has 1 aliphatic rings. The topological polar surface area (TPSA) is 47.6 Å². The minimum atomic E-state index is -4.38. The summed E-state index contributed by atoms with van der Waals surface area (Å²) in [6, 6.07) is 12.9. The summed E-state index contributed by atoms with van der Waals surface area (Å²) < 4.78 is 49.1. The van der Waals surface area contributed by atoms with Crippen molar-refractivity contribution in [1.82, 2.24) is 5.32 Å². The van der Waals surface area contributed by atoms with E-state index >= 15 is 0 Å². The predicted molar refractivity (Wildman–Crippen MR) is 113 cm³/mol. The number of ether oxygens (including phenoxy) is 2. The quantitative estimate of drug-likeness (QED) is 0.412. The predicted octanol–water partition coefficient (Wildman–Crippen LogP) is 6.60. The highest BCUT2D eigenvalue weighted by atomic mass is 32.2. The van der Waals surface area contributed by atoms with E-state index in [1.807, 2.05) is 37.3 Å². The number of hydrogen-bond acceptors (Lipinski definition) is 5. The van der Waals surface area contributed by atoms with E-state index in [0.717, 1.165) is 22.2 Å². The van der Waals surface area contributed by atoms with Gasteiger partial charge in [-0.1, -0.05) is 42.5 Å². The average molecular weight is 449 g/mol. The zero-order valence-corrected chi connectivity index (χ0v) is 18.1. The fourth-order valence-electron chi connectivity index (χ4n) is 3.33. The van der Waals surface area contributed by atoms with E-state index in [1.54, 1.807) is 13.0 Å². The SMILES string of the molecule is COC(=O)OC1=C(C)NC(C)=CC1c1ccccc1SCc1cccc(C(F)(F)F)c1. The third-order valence-corrected chi connectivity index (χ3v) is 5.88. The lowest BCUT2D eigenvalue weighted by Gasteiger charge is -2.27. The molecular formula is C23H22F3NO3S. The molecule has 0 saturated heterocycles. The largest absolute Gasteiger partial charge is 0.513 e. The Morgan fingerprint density at radius 3 is 2.58 bits per heavy atom. The van der Waals surface area contributed by atoms with E-state index in [-0.39, 0.29) is 5.92 Å². The Kier molecular flexibility index (Phi) is 7.00. The fourth-order valence-corrected chi connectivity index (χ4v) is 4.37. The zero-order valence-electron chi connectivity index (χ0n) is 17.2. The molecule has 3 rings (SSSR count). The summed E-state index contributed by atoms with van der Waals surface area (Å²) in [5, 5.41) is 3.15. The molecule has 1 heterocycles. The second-order valence-electron chi connectivity index (χ2n) is 7.02. The van der Waals surface area contributed by atoms with Crippen LogP contribution >= 0.6 is 11.8 Å². The maximum atomic E-state index is 13.0. The van der Waals surface area contributed by atoms with Crippen molar-refractivity contribution in [2.45, 2.75) is 36.6 Å². The summed E-state index contributed by atoms with van der Waals surface area (Å²) >= 11 is 1.43. The molecule has 1 aliphatic heterocycles. The van der Waals surface area contributed by atoms with Crippen molar-refractivity contribution in [2.24, 2.45) is 0 Å². The molecule has 1 unspecified atom stereocenters. The summed E-state index contributed by atoms with van der Waals surface area (Å²) in [4.78, 5) is 12.7. The van der Waals surface area contributed by atoms with E-state index in [0.29, 0.717) is 22.8 Å². The van der Waals surface area contributed by atoms with Gasteiger partial charge in [-0.05, 0) is 37.1 Å². The molecule has 0 bridgehead atoms. The second-order valence-corrected chi connectivity index (χ2v) is 8.04. The van der Waals surface area contributed by atoms with E-state index in [9.17, 15) is 18.0 Å². The first-order chi connectivity index (χ1) is 14.7. The second kappa shape index (κ2) is 9.51. The number of halogens is 3. The zero-order chi connectivity index (χ0) is 22.6. The van der Waals surface area contributed by atoms with Crippen LogP contribution in [0.2, 0.25) is 0 Å². The van der Waals surface area contributed by atoms with Crippen LogP contribution in [0.15, 0.2) is 76.7 Å². The standard InChI is InChI=1S/C23H22F3NO3S/c1-14-11-19(21(15(2)27-14)30-22(28)29-3)18-9-4-5-10-20(18)31-13-16-7-6-8-17(12-16)23(24,25)26/h4-12,19,27H,13H2,1-3H3. The van der Waals surface area contributed by atoms with Crippen LogP contribution in [0.1, 0.15) is 36.5 Å². The molecule has 0 saturated carbocycles. The van der Waals surface area contributed by atoms with Crippen molar-refractivity contribution in [1.29, 1.82) is 0 Å². The lowest BCUT2D eigenvalue weighted by molar-refractivity contribution is -0.137. The van der Waals surface area contributed by atoms with Crippen molar-refractivity contribution in [3.8, 4) is 0 Å². The van der Waals surface area contributed by atoms with E-state index in [4.69, 9.17) is 4.74 Å². The number of dihydropyridines is 1. The van der Waals surface area contributed by atoms with Gasteiger partial charge in [-0.3, -0.25) is 0 Å². The molecule has 0 radical (unpaired) electrons. The Morgan fingerprint density at radius 2 is 1.87 bits per heavy atom. The summed E-state index contributed by atoms with van der Waals surface area (Å²) in [5.41, 5.74) is 2.39. The third-order valence-electron chi connectivity index (χ3n) is 4.72. The molecule has 164 valence electrons. The Morgan fingerprint density at radius 1 is 1.13 bits per heavy atom. The molecule has 1 N–H and O–H groups in total. The van der Waals surface area contributed by atoms with Crippen LogP contribution in [0.4, 0.5) is 18.0 Å². The molecule has 0 fully saturated rings. The Hall–Kier alpha value is -2.87. The fraction of sp³-hybridized carbons (Fsp3) is 0.261. The van der Waals surface area contributed by atoms with Crippen molar-refractivity contribution in [3.63, 3.8) is 0 Å². The lowest BCUT2D eigenvalue weighted by atomic mass is 9.92. The van der Waals surface area contributed by atoms with Crippen LogP contribution in [0.25, 0.3) is 0 Å². The number of benzene rings is 2. The first kappa shape index (κ1) is 22.8. The monoisotopic (exact) mass is 449 g/mol.